The largest absolute Gasteiger partial charge is 0.455 e. The highest BCUT2D eigenvalue weighted by atomic mass is 35.5. The number of anilines is 1. The number of hydrogen-bond acceptors (Lipinski definition) is 5. The van der Waals surface area contributed by atoms with E-state index in [1.165, 1.54) is 11.8 Å². The van der Waals surface area contributed by atoms with E-state index in [2.05, 4.69) is 11.9 Å². The van der Waals surface area contributed by atoms with Crippen LogP contribution >= 0.6 is 23.4 Å². The molecule has 33 heavy (non-hydrogen) atoms. The molecule has 0 unspecified atom stereocenters. The van der Waals surface area contributed by atoms with E-state index in [1.807, 2.05) is 36.1 Å². The molecule has 0 spiro atoms. The van der Waals surface area contributed by atoms with Crippen molar-refractivity contribution in [3.8, 4) is 11.5 Å². The molecule has 0 radical (unpaired) electrons. The summed E-state index contributed by atoms with van der Waals surface area (Å²) in [6, 6.07) is 12.6. The number of thioether (sulfide) groups is 1. The van der Waals surface area contributed by atoms with Crippen LogP contribution in [0.5, 0.6) is 11.5 Å². The van der Waals surface area contributed by atoms with Gasteiger partial charge >= 0.3 is 0 Å². The zero-order valence-corrected chi connectivity index (χ0v) is 21.0. The number of carbonyl (C=O) groups is 1. The first-order valence-electron chi connectivity index (χ1n) is 11.1. The van der Waals surface area contributed by atoms with E-state index in [4.69, 9.17) is 16.3 Å². The van der Waals surface area contributed by atoms with Crippen LogP contribution in [0.3, 0.4) is 0 Å². The summed E-state index contributed by atoms with van der Waals surface area (Å²) in [6.07, 6.45) is 3.16. The Hall–Kier alpha value is -2.03. The van der Waals surface area contributed by atoms with E-state index in [-0.39, 0.29) is 28.7 Å². The van der Waals surface area contributed by atoms with E-state index < -0.39 is 9.84 Å². The number of rotatable bonds is 7. The number of ether oxygens (including phenoxy) is 1. The highest BCUT2D eigenvalue weighted by molar-refractivity contribution is 8.16. The van der Waals surface area contributed by atoms with Gasteiger partial charge in [-0.05, 0) is 49.2 Å². The van der Waals surface area contributed by atoms with Gasteiger partial charge < -0.3 is 9.64 Å². The topological polar surface area (TPSA) is 76.0 Å². The van der Waals surface area contributed by atoms with Gasteiger partial charge in [0.1, 0.15) is 5.75 Å². The average Bonchev–Trinajstić information content (AvgIpc) is 3.20. The van der Waals surface area contributed by atoms with Gasteiger partial charge in [-0.25, -0.2) is 8.42 Å². The maximum absolute atomic E-state index is 12.6. The molecule has 0 N–H and O–H groups in total. The molecule has 4 rings (SSSR count). The van der Waals surface area contributed by atoms with Crippen LogP contribution in [-0.4, -0.2) is 42.3 Å². The fourth-order valence-corrected chi connectivity index (χ4v) is 8.20. The number of aryl methyl sites for hydroxylation is 1. The molecule has 9 heteroatoms. The predicted molar refractivity (Wildman–Crippen MR) is 136 cm³/mol. The van der Waals surface area contributed by atoms with Crippen LogP contribution in [-0.2, 0) is 14.6 Å². The van der Waals surface area contributed by atoms with Crippen molar-refractivity contribution in [2.45, 2.75) is 50.8 Å². The molecule has 2 atom stereocenters. The molecule has 0 saturated carbocycles. The summed E-state index contributed by atoms with van der Waals surface area (Å²) in [5.74, 6) is 1.07. The summed E-state index contributed by atoms with van der Waals surface area (Å²) >= 11 is 7.70. The maximum atomic E-state index is 12.6. The van der Waals surface area contributed by atoms with Gasteiger partial charge in [-0.15, -0.1) is 0 Å². The van der Waals surface area contributed by atoms with Gasteiger partial charge in [-0.2, -0.15) is 4.99 Å². The molecule has 2 fully saturated rings. The smallest absolute Gasteiger partial charge is 0.248 e. The number of hydrogen-bond donors (Lipinski definition) is 0. The lowest BCUT2D eigenvalue weighted by Gasteiger charge is -2.27. The van der Waals surface area contributed by atoms with Crippen LogP contribution in [0.1, 0.15) is 38.2 Å². The standard InChI is InChI=1S/C24H27ClN2O4S2/c1-3-4-5-9-23(28)26-24-27(20-14-33(29,30)15-22(20)32-24)19-13-17(25)10-11-21(19)31-18-8-6-7-16(2)12-18/h6-8,10-13,20,22H,3-5,9,14-15H2,1-2H3/t20-,22-/m1/s1. The second-order valence-corrected chi connectivity index (χ2v) is 12.2. The first-order valence-corrected chi connectivity index (χ1v) is 14.2. The molecule has 1 amide bonds. The number of halogens is 1. The second kappa shape index (κ2) is 10.1. The average molecular weight is 507 g/mol. The third-order valence-corrected chi connectivity index (χ3v) is 9.12. The van der Waals surface area contributed by atoms with Crippen molar-refractivity contribution in [3.05, 3.63) is 53.1 Å². The Balaban J connectivity index is 1.72. The summed E-state index contributed by atoms with van der Waals surface area (Å²) in [4.78, 5) is 18.8. The lowest BCUT2D eigenvalue weighted by atomic mass is 10.2. The number of fused-ring (bicyclic) bond motifs is 1. The number of amidine groups is 1. The minimum Gasteiger partial charge on any atom is -0.455 e. The Labute approximate surface area is 204 Å². The number of aliphatic imine (C=N–C) groups is 1. The molecule has 2 saturated heterocycles. The molecule has 2 aliphatic heterocycles. The van der Waals surface area contributed by atoms with Crippen molar-refractivity contribution in [1.82, 2.24) is 0 Å². The molecule has 6 nitrogen and oxygen atoms in total. The number of unbranched alkanes of at least 4 members (excludes halogenated alkanes) is 2. The van der Waals surface area contributed by atoms with Crippen molar-refractivity contribution in [1.29, 1.82) is 0 Å². The van der Waals surface area contributed by atoms with Crippen molar-refractivity contribution in [2.75, 3.05) is 16.4 Å². The summed E-state index contributed by atoms with van der Waals surface area (Å²) < 4.78 is 31.0. The number of nitrogens with zero attached hydrogens (tertiary/aromatic N) is 2. The molecule has 0 aromatic heterocycles. The molecule has 2 aliphatic rings. The SMILES string of the molecule is CCCCCC(=O)N=C1S[C@@H]2CS(=O)(=O)C[C@H]2N1c1cc(Cl)ccc1Oc1cccc(C)c1. The summed E-state index contributed by atoms with van der Waals surface area (Å²) in [7, 11) is -3.18. The minimum atomic E-state index is -3.18. The van der Waals surface area contributed by atoms with Gasteiger partial charge in [-0.3, -0.25) is 4.79 Å². The van der Waals surface area contributed by atoms with Crippen LogP contribution in [0.15, 0.2) is 47.5 Å². The number of carbonyl (C=O) groups excluding carboxylic acids is 1. The van der Waals surface area contributed by atoms with Gasteiger partial charge in [0.05, 0.1) is 23.2 Å². The third-order valence-electron chi connectivity index (χ3n) is 5.68. The fraction of sp³-hybridized carbons (Fsp3) is 0.417. The molecule has 2 aromatic carbocycles. The summed E-state index contributed by atoms with van der Waals surface area (Å²) in [5, 5.41) is 0.810. The molecule has 0 aliphatic carbocycles. The Bertz CT molecular complexity index is 1180. The third kappa shape index (κ3) is 5.73. The Morgan fingerprint density at radius 2 is 2.03 bits per heavy atom. The molecular formula is C24H27ClN2O4S2. The number of amides is 1. The lowest BCUT2D eigenvalue weighted by Crippen LogP contribution is -2.38. The van der Waals surface area contributed by atoms with Crippen LogP contribution in [0.25, 0.3) is 0 Å². The monoisotopic (exact) mass is 506 g/mol. The normalized spacial score (nSPS) is 22.5. The van der Waals surface area contributed by atoms with Crippen LogP contribution in [0.4, 0.5) is 5.69 Å². The minimum absolute atomic E-state index is 0.00408. The van der Waals surface area contributed by atoms with Crippen molar-refractivity contribution in [2.24, 2.45) is 4.99 Å². The van der Waals surface area contributed by atoms with Crippen LogP contribution < -0.4 is 9.64 Å². The first kappa shape index (κ1) is 24.1. The second-order valence-electron chi connectivity index (χ2n) is 8.45. The van der Waals surface area contributed by atoms with E-state index >= 15 is 0 Å². The Morgan fingerprint density at radius 1 is 1.21 bits per heavy atom. The van der Waals surface area contributed by atoms with E-state index in [0.717, 1.165) is 24.8 Å². The van der Waals surface area contributed by atoms with Crippen molar-refractivity contribution >= 4 is 50.0 Å². The summed E-state index contributed by atoms with van der Waals surface area (Å²) in [6.45, 7) is 4.07. The van der Waals surface area contributed by atoms with Crippen molar-refractivity contribution in [3.63, 3.8) is 0 Å². The zero-order chi connectivity index (χ0) is 23.6. The van der Waals surface area contributed by atoms with Gasteiger partial charge in [0.15, 0.2) is 20.8 Å². The molecule has 2 heterocycles. The fourth-order valence-electron chi connectivity index (χ4n) is 4.11. The summed E-state index contributed by atoms with van der Waals surface area (Å²) in [5.41, 5.74) is 1.67. The number of sulfone groups is 1. The maximum Gasteiger partial charge on any atom is 0.248 e. The molecular weight excluding hydrogens is 480 g/mol. The predicted octanol–water partition coefficient (Wildman–Crippen LogP) is 5.62. The van der Waals surface area contributed by atoms with Crippen LogP contribution in [0, 0.1) is 6.92 Å². The lowest BCUT2D eigenvalue weighted by molar-refractivity contribution is -0.117. The highest BCUT2D eigenvalue weighted by Gasteiger charge is 2.50. The molecule has 2 aromatic rings. The van der Waals surface area contributed by atoms with Gasteiger partial charge in [0, 0.05) is 16.7 Å². The zero-order valence-electron chi connectivity index (χ0n) is 18.7. The van der Waals surface area contributed by atoms with E-state index in [0.29, 0.717) is 33.8 Å². The molecule has 0 bridgehead atoms. The quantitative estimate of drug-likeness (QED) is 0.453. The van der Waals surface area contributed by atoms with Crippen LogP contribution in [0.2, 0.25) is 5.02 Å². The first-order chi connectivity index (χ1) is 15.8. The van der Waals surface area contributed by atoms with Crippen molar-refractivity contribution < 1.29 is 17.9 Å². The van der Waals surface area contributed by atoms with Gasteiger partial charge in [-0.1, -0.05) is 55.3 Å². The van der Waals surface area contributed by atoms with E-state index in [9.17, 15) is 13.2 Å². The molecule has 176 valence electrons. The van der Waals surface area contributed by atoms with E-state index in [1.54, 1.807) is 18.2 Å². The Morgan fingerprint density at radius 3 is 2.79 bits per heavy atom. The Kier molecular flexibility index (Phi) is 7.36. The number of benzene rings is 2. The van der Waals surface area contributed by atoms with Gasteiger partial charge in [0.2, 0.25) is 5.91 Å². The highest BCUT2D eigenvalue weighted by Crippen LogP contribution is 2.45. The van der Waals surface area contributed by atoms with Gasteiger partial charge in [0.25, 0.3) is 0 Å².